The van der Waals surface area contributed by atoms with Crippen LogP contribution >= 0.6 is 0 Å². The van der Waals surface area contributed by atoms with E-state index in [1.807, 2.05) is 6.92 Å². The summed E-state index contributed by atoms with van der Waals surface area (Å²) in [4.78, 5) is 24.5. The maximum Gasteiger partial charge on any atom is 0.305 e. The van der Waals surface area contributed by atoms with Crippen LogP contribution in [0.25, 0.3) is 0 Å². The number of hydrogen-bond donors (Lipinski definition) is 1. The van der Waals surface area contributed by atoms with Crippen LogP contribution in [0.3, 0.4) is 0 Å². The van der Waals surface area contributed by atoms with Gasteiger partial charge in [-0.2, -0.15) is 0 Å². The fraction of sp³-hybridized carbons (Fsp3) is 0.615. The first-order valence-electron chi connectivity index (χ1n) is 6.29. The fourth-order valence-corrected chi connectivity index (χ4v) is 2.10. The number of nitrogens with zero attached hydrogens (tertiary/aromatic N) is 2. The van der Waals surface area contributed by atoms with Gasteiger partial charge >= 0.3 is 5.97 Å². The lowest BCUT2D eigenvalue weighted by Crippen LogP contribution is -2.40. The molecule has 0 radical (unpaired) electrons. The minimum absolute atomic E-state index is 0.0544. The zero-order valence-electron chi connectivity index (χ0n) is 11.8. The van der Waals surface area contributed by atoms with Gasteiger partial charge in [0.05, 0.1) is 18.5 Å². The molecule has 0 aliphatic carbocycles. The Kier molecular flexibility index (Phi) is 5.09. The van der Waals surface area contributed by atoms with Gasteiger partial charge in [0, 0.05) is 18.2 Å². The molecule has 0 fully saturated rings. The predicted molar refractivity (Wildman–Crippen MR) is 68.8 cm³/mol. The van der Waals surface area contributed by atoms with Crippen molar-refractivity contribution in [3.8, 4) is 0 Å². The molecular weight excluding hydrogens is 248 g/mol. The molecule has 0 aromatic carbocycles. The second-order valence-electron chi connectivity index (χ2n) is 4.61. The summed E-state index contributed by atoms with van der Waals surface area (Å²) in [5.74, 6) is -0.380. The molecule has 0 aliphatic heterocycles. The number of carboxylic acid groups (broad SMARTS) is 1. The van der Waals surface area contributed by atoms with Crippen LogP contribution in [0.4, 0.5) is 0 Å². The number of aliphatic carboxylic acids is 1. The summed E-state index contributed by atoms with van der Waals surface area (Å²) in [6, 6.07) is -0.324. The second kappa shape index (κ2) is 6.36. The quantitative estimate of drug-likeness (QED) is 0.846. The SMILES string of the molecule is CCN(C(=O)Cc1c(C)noc1C)C(C)CC(=O)O. The van der Waals surface area contributed by atoms with Crippen molar-refractivity contribution in [2.45, 2.75) is 46.6 Å². The molecule has 1 N–H and O–H groups in total. The Hall–Kier alpha value is -1.85. The molecule has 19 heavy (non-hydrogen) atoms. The fourth-order valence-electron chi connectivity index (χ4n) is 2.10. The van der Waals surface area contributed by atoms with E-state index in [2.05, 4.69) is 5.16 Å². The highest BCUT2D eigenvalue weighted by atomic mass is 16.5. The molecular formula is C13H20N2O4. The third-order valence-corrected chi connectivity index (χ3v) is 3.17. The third-order valence-electron chi connectivity index (χ3n) is 3.17. The van der Waals surface area contributed by atoms with Gasteiger partial charge in [-0.3, -0.25) is 9.59 Å². The summed E-state index contributed by atoms with van der Waals surface area (Å²) >= 11 is 0. The molecule has 1 aromatic heterocycles. The van der Waals surface area contributed by atoms with E-state index in [0.29, 0.717) is 18.0 Å². The molecule has 0 saturated carbocycles. The lowest BCUT2D eigenvalue weighted by atomic mass is 10.1. The molecule has 1 amide bonds. The lowest BCUT2D eigenvalue weighted by Gasteiger charge is -2.27. The second-order valence-corrected chi connectivity index (χ2v) is 4.61. The summed E-state index contributed by atoms with van der Waals surface area (Å²) in [6.45, 7) is 7.61. The molecule has 0 spiro atoms. The Labute approximate surface area is 112 Å². The van der Waals surface area contributed by atoms with Crippen molar-refractivity contribution in [3.05, 3.63) is 17.0 Å². The summed E-state index contributed by atoms with van der Waals surface area (Å²) in [6.07, 6.45) is 0.139. The Morgan fingerprint density at radius 1 is 1.42 bits per heavy atom. The highest BCUT2D eigenvalue weighted by Gasteiger charge is 2.23. The van der Waals surface area contributed by atoms with E-state index in [4.69, 9.17) is 9.63 Å². The first-order chi connectivity index (χ1) is 8.86. The number of amides is 1. The number of aryl methyl sites for hydroxylation is 2. The topological polar surface area (TPSA) is 83.6 Å². The number of carboxylic acids is 1. The molecule has 106 valence electrons. The average Bonchev–Trinajstić information content (AvgIpc) is 2.60. The van der Waals surface area contributed by atoms with Gasteiger partial charge in [-0.1, -0.05) is 5.16 Å². The first kappa shape index (κ1) is 15.2. The Morgan fingerprint density at radius 2 is 2.05 bits per heavy atom. The third kappa shape index (κ3) is 3.81. The number of rotatable bonds is 6. The molecule has 1 rings (SSSR count). The Balaban J connectivity index is 2.77. The number of carbonyl (C=O) groups excluding carboxylic acids is 1. The molecule has 6 nitrogen and oxygen atoms in total. The van der Waals surface area contributed by atoms with Crippen LogP contribution in [0, 0.1) is 13.8 Å². The summed E-state index contributed by atoms with van der Waals surface area (Å²) in [5, 5.41) is 12.6. The van der Waals surface area contributed by atoms with Crippen LogP contribution in [-0.4, -0.2) is 39.6 Å². The van der Waals surface area contributed by atoms with Crippen molar-refractivity contribution >= 4 is 11.9 Å². The van der Waals surface area contributed by atoms with Gasteiger partial charge in [-0.05, 0) is 27.7 Å². The number of aromatic nitrogens is 1. The standard InChI is InChI=1S/C13H20N2O4/c1-5-15(8(2)6-13(17)18)12(16)7-11-9(3)14-19-10(11)4/h8H,5-7H2,1-4H3,(H,17,18). The molecule has 1 atom stereocenters. The van der Waals surface area contributed by atoms with Crippen LogP contribution in [0.2, 0.25) is 0 Å². The van der Waals surface area contributed by atoms with Gasteiger partial charge in [-0.15, -0.1) is 0 Å². The number of carbonyl (C=O) groups is 2. The first-order valence-corrected chi connectivity index (χ1v) is 6.29. The molecule has 0 saturated heterocycles. The zero-order chi connectivity index (χ0) is 14.6. The van der Waals surface area contributed by atoms with E-state index in [1.54, 1.807) is 25.7 Å². The minimum Gasteiger partial charge on any atom is -0.481 e. The molecule has 6 heteroatoms. The van der Waals surface area contributed by atoms with Gasteiger partial charge in [-0.25, -0.2) is 0 Å². The van der Waals surface area contributed by atoms with E-state index in [-0.39, 0.29) is 24.8 Å². The van der Waals surface area contributed by atoms with E-state index in [0.717, 1.165) is 5.56 Å². The van der Waals surface area contributed by atoms with E-state index in [1.165, 1.54) is 0 Å². The van der Waals surface area contributed by atoms with Crippen molar-refractivity contribution in [3.63, 3.8) is 0 Å². The molecule has 0 aliphatic rings. The van der Waals surface area contributed by atoms with Gasteiger partial charge in [0.25, 0.3) is 0 Å². The Bertz CT molecular complexity index is 448. The van der Waals surface area contributed by atoms with Gasteiger partial charge in [0.2, 0.25) is 5.91 Å². The summed E-state index contributed by atoms with van der Waals surface area (Å²) in [7, 11) is 0. The maximum atomic E-state index is 12.2. The van der Waals surface area contributed by atoms with Crippen molar-refractivity contribution in [1.82, 2.24) is 10.1 Å². The smallest absolute Gasteiger partial charge is 0.305 e. The highest BCUT2D eigenvalue weighted by molar-refractivity contribution is 5.80. The summed E-state index contributed by atoms with van der Waals surface area (Å²) < 4.78 is 5.02. The van der Waals surface area contributed by atoms with E-state index < -0.39 is 5.97 Å². The Morgan fingerprint density at radius 3 is 2.47 bits per heavy atom. The van der Waals surface area contributed by atoms with Crippen molar-refractivity contribution in [2.24, 2.45) is 0 Å². The molecule has 0 bridgehead atoms. The monoisotopic (exact) mass is 268 g/mol. The van der Waals surface area contributed by atoms with Crippen LogP contribution in [0.1, 0.15) is 37.3 Å². The predicted octanol–water partition coefficient (Wildman–Crippen LogP) is 1.55. The van der Waals surface area contributed by atoms with Crippen LogP contribution in [0.15, 0.2) is 4.52 Å². The lowest BCUT2D eigenvalue weighted by molar-refractivity contribution is -0.140. The van der Waals surface area contributed by atoms with E-state index >= 15 is 0 Å². The van der Waals surface area contributed by atoms with Crippen LogP contribution < -0.4 is 0 Å². The van der Waals surface area contributed by atoms with Crippen LogP contribution in [0.5, 0.6) is 0 Å². The largest absolute Gasteiger partial charge is 0.481 e. The van der Waals surface area contributed by atoms with Crippen molar-refractivity contribution < 1.29 is 19.2 Å². The van der Waals surface area contributed by atoms with Gasteiger partial charge in [0.15, 0.2) is 0 Å². The normalized spacial score (nSPS) is 12.2. The van der Waals surface area contributed by atoms with Gasteiger partial charge in [0.1, 0.15) is 5.76 Å². The average molecular weight is 268 g/mol. The maximum absolute atomic E-state index is 12.2. The van der Waals surface area contributed by atoms with Crippen LogP contribution in [-0.2, 0) is 16.0 Å². The van der Waals surface area contributed by atoms with Crippen molar-refractivity contribution in [1.29, 1.82) is 0 Å². The van der Waals surface area contributed by atoms with E-state index in [9.17, 15) is 9.59 Å². The number of likely N-dealkylation sites (N-methyl/N-ethyl adjacent to an activating group) is 1. The number of hydrogen-bond acceptors (Lipinski definition) is 4. The molecule has 1 aromatic rings. The minimum atomic E-state index is -0.906. The zero-order valence-corrected chi connectivity index (χ0v) is 11.8. The molecule has 1 unspecified atom stereocenters. The molecule has 1 heterocycles. The van der Waals surface area contributed by atoms with Crippen molar-refractivity contribution in [2.75, 3.05) is 6.54 Å². The summed E-state index contributed by atoms with van der Waals surface area (Å²) in [5.41, 5.74) is 1.48. The highest BCUT2D eigenvalue weighted by Crippen LogP contribution is 2.15. The van der Waals surface area contributed by atoms with Gasteiger partial charge < -0.3 is 14.5 Å².